The maximum Gasteiger partial charge on any atom is 0.236 e. The molecule has 1 aliphatic rings. The van der Waals surface area contributed by atoms with Gasteiger partial charge in [-0.2, -0.15) is 0 Å². The summed E-state index contributed by atoms with van der Waals surface area (Å²) in [5, 5.41) is 6.30. The van der Waals surface area contributed by atoms with Crippen LogP contribution in [0.2, 0.25) is 0 Å². The maximum absolute atomic E-state index is 11.8. The molecule has 1 fully saturated rings. The summed E-state index contributed by atoms with van der Waals surface area (Å²) in [5.74, 6) is 0.644. The molecule has 4 nitrogen and oxygen atoms in total. The highest BCUT2D eigenvalue weighted by atomic mass is 16.5. The summed E-state index contributed by atoms with van der Waals surface area (Å²) in [6, 6.07) is 0.215. The van der Waals surface area contributed by atoms with Gasteiger partial charge in [0.25, 0.3) is 0 Å². The normalized spacial score (nSPS) is 23.4. The van der Waals surface area contributed by atoms with Gasteiger partial charge in [-0.1, -0.05) is 13.3 Å². The van der Waals surface area contributed by atoms with Gasteiger partial charge in [-0.15, -0.1) is 0 Å². The Balaban J connectivity index is 2.22. The number of carbonyl (C=O) groups excluding carboxylic acids is 1. The van der Waals surface area contributed by atoms with Crippen LogP contribution in [0.4, 0.5) is 0 Å². The lowest BCUT2D eigenvalue weighted by atomic mass is 10.00. The quantitative estimate of drug-likeness (QED) is 0.662. The van der Waals surface area contributed by atoms with Crippen LogP contribution in [-0.2, 0) is 9.53 Å². The molecule has 1 aliphatic heterocycles. The van der Waals surface area contributed by atoms with Crippen LogP contribution in [0.25, 0.3) is 0 Å². The second kappa shape index (κ2) is 7.67. The van der Waals surface area contributed by atoms with Crippen molar-refractivity contribution in [2.75, 3.05) is 19.8 Å². The number of rotatable bonds is 7. The summed E-state index contributed by atoms with van der Waals surface area (Å²) < 4.78 is 5.36. The van der Waals surface area contributed by atoms with E-state index in [0.29, 0.717) is 12.0 Å². The number of hydrogen-bond acceptors (Lipinski definition) is 3. The van der Waals surface area contributed by atoms with Crippen LogP contribution in [0.3, 0.4) is 0 Å². The van der Waals surface area contributed by atoms with E-state index in [4.69, 9.17) is 4.74 Å². The molecule has 3 unspecified atom stereocenters. The second-order valence-electron chi connectivity index (χ2n) is 4.95. The van der Waals surface area contributed by atoms with Crippen LogP contribution < -0.4 is 10.6 Å². The summed E-state index contributed by atoms with van der Waals surface area (Å²) in [4.78, 5) is 11.8. The van der Waals surface area contributed by atoms with Crippen LogP contribution in [0, 0.1) is 5.92 Å². The van der Waals surface area contributed by atoms with E-state index < -0.39 is 0 Å². The third-order valence-electron chi connectivity index (χ3n) is 3.41. The number of amides is 1. The Bertz CT molecular complexity index is 227. The first-order chi connectivity index (χ1) is 8.15. The molecule has 1 heterocycles. The van der Waals surface area contributed by atoms with Crippen molar-refractivity contribution in [2.45, 2.75) is 52.1 Å². The molecule has 0 aromatic carbocycles. The first-order valence-corrected chi connectivity index (χ1v) is 6.76. The van der Waals surface area contributed by atoms with E-state index in [1.807, 2.05) is 6.92 Å². The van der Waals surface area contributed by atoms with Gasteiger partial charge < -0.3 is 15.4 Å². The van der Waals surface area contributed by atoms with E-state index in [9.17, 15) is 4.79 Å². The third kappa shape index (κ3) is 5.04. The largest absolute Gasteiger partial charge is 0.381 e. The van der Waals surface area contributed by atoms with E-state index in [1.165, 1.54) is 0 Å². The lowest BCUT2D eigenvalue weighted by Gasteiger charge is -2.23. The lowest BCUT2D eigenvalue weighted by Crippen LogP contribution is -2.48. The summed E-state index contributed by atoms with van der Waals surface area (Å²) in [6.07, 6.45) is 3.25. The molecule has 0 saturated carbocycles. The number of ether oxygens (including phenoxy) is 1. The molecule has 1 saturated heterocycles. The highest BCUT2D eigenvalue weighted by molar-refractivity contribution is 5.81. The van der Waals surface area contributed by atoms with Crippen molar-refractivity contribution < 1.29 is 9.53 Å². The standard InChI is InChI=1S/C13H26N2O2/c1-4-5-7-14-13(16)11(3)15-10(2)12-6-8-17-9-12/h10-12,15H,4-9H2,1-3H3,(H,14,16). The van der Waals surface area contributed by atoms with Crippen molar-refractivity contribution in [3.8, 4) is 0 Å². The SMILES string of the molecule is CCCCNC(=O)C(C)NC(C)C1CCOC1. The number of hydrogen-bond donors (Lipinski definition) is 2. The van der Waals surface area contributed by atoms with Gasteiger partial charge in [0.2, 0.25) is 5.91 Å². The van der Waals surface area contributed by atoms with Gasteiger partial charge in [0.05, 0.1) is 12.6 Å². The maximum atomic E-state index is 11.8. The summed E-state index contributed by atoms with van der Waals surface area (Å²) in [5.41, 5.74) is 0. The number of carbonyl (C=O) groups is 1. The first kappa shape index (κ1) is 14.5. The Morgan fingerprint density at radius 2 is 2.24 bits per heavy atom. The highest BCUT2D eigenvalue weighted by Gasteiger charge is 2.24. The average molecular weight is 242 g/mol. The van der Waals surface area contributed by atoms with Crippen molar-refractivity contribution in [1.82, 2.24) is 10.6 Å². The molecule has 0 aromatic rings. The van der Waals surface area contributed by atoms with Gasteiger partial charge in [-0.05, 0) is 32.6 Å². The monoisotopic (exact) mass is 242 g/mol. The minimum atomic E-state index is -0.123. The van der Waals surface area contributed by atoms with Crippen LogP contribution in [0.5, 0.6) is 0 Å². The molecule has 1 rings (SSSR count). The van der Waals surface area contributed by atoms with Gasteiger partial charge in [0.15, 0.2) is 0 Å². The van der Waals surface area contributed by atoms with E-state index in [1.54, 1.807) is 0 Å². The minimum absolute atomic E-state index is 0.101. The summed E-state index contributed by atoms with van der Waals surface area (Å²) in [7, 11) is 0. The van der Waals surface area contributed by atoms with E-state index in [2.05, 4.69) is 24.5 Å². The Morgan fingerprint density at radius 1 is 1.47 bits per heavy atom. The molecular weight excluding hydrogens is 216 g/mol. The summed E-state index contributed by atoms with van der Waals surface area (Å²) >= 11 is 0. The second-order valence-corrected chi connectivity index (χ2v) is 4.95. The van der Waals surface area contributed by atoms with E-state index in [-0.39, 0.29) is 11.9 Å². The Labute approximate surface area is 104 Å². The molecule has 0 spiro atoms. The number of nitrogens with one attached hydrogen (secondary N) is 2. The molecule has 2 N–H and O–H groups in total. The van der Waals surface area contributed by atoms with Gasteiger partial charge in [0, 0.05) is 19.2 Å². The molecular formula is C13H26N2O2. The molecule has 1 amide bonds. The topological polar surface area (TPSA) is 50.4 Å². The van der Waals surface area contributed by atoms with Crippen molar-refractivity contribution in [2.24, 2.45) is 5.92 Å². The van der Waals surface area contributed by atoms with E-state index in [0.717, 1.165) is 39.0 Å². The Hall–Kier alpha value is -0.610. The van der Waals surface area contributed by atoms with Crippen molar-refractivity contribution in [1.29, 1.82) is 0 Å². The average Bonchev–Trinajstić information content (AvgIpc) is 2.82. The minimum Gasteiger partial charge on any atom is -0.381 e. The van der Waals surface area contributed by atoms with Crippen LogP contribution in [0.15, 0.2) is 0 Å². The Kier molecular flexibility index (Phi) is 6.52. The first-order valence-electron chi connectivity index (χ1n) is 6.76. The Morgan fingerprint density at radius 3 is 2.82 bits per heavy atom. The van der Waals surface area contributed by atoms with Gasteiger partial charge in [0.1, 0.15) is 0 Å². The molecule has 0 aliphatic carbocycles. The highest BCUT2D eigenvalue weighted by Crippen LogP contribution is 2.16. The zero-order chi connectivity index (χ0) is 12.7. The van der Waals surface area contributed by atoms with Crippen molar-refractivity contribution in [3.63, 3.8) is 0 Å². The lowest BCUT2D eigenvalue weighted by molar-refractivity contribution is -0.123. The van der Waals surface area contributed by atoms with Gasteiger partial charge in [-0.25, -0.2) is 0 Å². The summed E-state index contributed by atoms with van der Waals surface area (Å²) in [6.45, 7) is 8.63. The molecule has 3 atom stereocenters. The predicted octanol–water partition coefficient (Wildman–Crippen LogP) is 1.31. The molecule has 0 bridgehead atoms. The smallest absolute Gasteiger partial charge is 0.236 e. The van der Waals surface area contributed by atoms with Crippen LogP contribution >= 0.6 is 0 Å². The number of unbranched alkanes of at least 4 members (excludes halogenated alkanes) is 1. The fraction of sp³-hybridized carbons (Fsp3) is 0.923. The van der Waals surface area contributed by atoms with Crippen molar-refractivity contribution >= 4 is 5.91 Å². The molecule has 0 radical (unpaired) electrons. The molecule has 17 heavy (non-hydrogen) atoms. The van der Waals surface area contributed by atoms with Crippen LogP contribution in [-0.4, -0.2) is 37.7 Å². The zero-order valence-electron chi connectivity index (χ0n) is 11.3. The van der Waals surface area contributed by atoms with E-state index >= 15 is 0 Å². The fourth-order valence-corrected chi connectivity index (χ4v) is 2.09. The zero-order valence-corrected chi connectivity index (χ0v) is 11.3. The van der Waals surface area contributed by atoms with Gasteiger partial charge in [-0.3, -0.25) is 4.79 Å². The predicted molar refractivity (Wildman–Crippen MR) is 68.9 cm³/mol. The molecule has 4 heteroatoms. The fourth-order valence-electron chi connectivity index (χ4n) is 2.09. The van der Waals surface area contributed by atoms with Crippen LogP contribution in [0.1, 0.15) is 40.0 Å². The van der Waals surface area contributed by atoms with Crippen molar-refractivity contribution in [3.05, 3.63) is 0 Å². The third-order valence-corrected chi connectivity index (χ3v) is 3.41. The van der Waals surface area contributed by atoms with Gasteiger partial charge >= 0.3 is 0 Å². The molecule has 100 valence electrons. The molecule has 0 aromatic heterocycles.